The summed E-state index contributed by atoms with van der Waals surface area (Å²) in [5.41, 5.74) is 3.00. The van der Waals surface area contributed by atoms with Crippen LogP contribution in [0.4, 0.5) is 5.69 Å². The second-order valence-electron chi connectivity index (χ2n) is 6.63. The van der Waals surface area contributed by atoms with Gasteiger partial charge in [-0.05, 0) is 73.0 Å². The molecule has 5 nitrogen and oxygen atoms in total. The van der Waals surface area contributed by atoms with Gasteiger partial charge in [0, 0.05) is 12.8 Å². The molecular formula is C25H26N2O3. The largest absolute Gasteiger partial charge is 0.494 e. The van der Waals surface area contributed by atoms with E-state index in [4.69, 9.17) is 9.47 Å². The molecule has 0 atom stereocenters. The molecule has 3 aromatic rings. The Bertz CT molecular complexity index is 936. The number of hydrogen-bond acceptors (Lipinski definition) is 4. The van der Waals surface area contributed by atoms with E-state index in [0.717, 1.165) is 23.4 Å². The summed E-state index contributed by atoms with van der Waals surface area (Å²) < 4.78 is 11.0. The Hall–Kier alpha value is -3.60. The van der Waals surface area contributed by atoms with Crippen LogP contribution in [0, 0.1) is 0 Å². The van der Waals surface area contributed by atoms with Gasteiger partial charge < -0.3 is 14.8 Å². The zero-order valence-electron chi connectivity index (χ0n) is 17.1. The number of carbonyl (C=O) groups excluding carboxylic acids is 1. The Labute approximate surface area is 177 Å². The monoisotopic (exact) mass is 402 g/mol. The Morgan fingerprint density at radius 2 is 1.57 bits per heavy atom. The van der Waals surface area contributed by atoms with Crippen LogP contribution in [0.25, 0.3) is 0 Å². The van der Waals surface area contributed by atoms with Gasteiger partial charge in [0.2, 0.25) is 0 Å². The minimum atomic E-state index is -0.132. The minimum Gasteiger partial charge on any atom is -0.494 e. The Morgan fingerprint density at radius 3 is 2.27 bits per heavy atom. The maximum Gasteiger partial charge on any atom is 0.257 e. The molecule has 0 aromatic heterocycles. The van der Waals surface area contributed by atoms with Gasteiger partial charge in [-0.25, -0.2) is 0 Å². The van der Waals surface area contributed by atoms with Crippen LogP contribution in [-0.4, -0.2) is 31.9 Å². The number of nitrogens with zero attached hydrogens (tertiary/aromatic N) is 1. The molecule has 0 spiro atoms. The highest BCUT2D eigenvalue weighted by molar-refractivity contribution is 5.82. The quantitative estimate of drug-likeness (QED) is 0.505. The Morgan fingerprint density at radius 1 is 0.900 bits per heavy atom. The second kappa shape index (κ2) is 11.4. The summed E-state index contributed by atoms with van der Waals surface area (Å²) in [6.45, 7) is 3.19. The average Bonchev–Trinajstić information content (AvgIpc) is 2.79. The smallest absolute Gasteiger partial charge is 0.257 e. The summed E-state index contributed by atoms with van der Waals surface area (Å²) in [4.78, 5) is 16.4. The maximum absolute atomic E-state index is 11.9. The highest BCUT2D eigenvalue weighted by Crippen LogP contribution is 2.18. The number of amides is 1. The summed E-state index contributed by atoms with van der Waals surface area (Å²) in [7, 11) is 0. The van der Waals surface area contributed by atoms with Gasteiger partial charge in [0.15, 0.2) is 6.61 Å². The topological polar surface area (TPSA) is 59.9 Å². The normalized spacial score (nSPS) is 10.7. The summed E-state index contributed by atoms with van der Waals surface area (Å²) in [5, 5.41) is 2.87. The number of carbonyl (C=O) groups is 1. The van der Waals surface area contributed by atoms with Crippen molar-refractivity contribution in [2.75, 3.05) is 19.8 Å². The van der Waals surface area contributed by atoms with Crippen molar-refractivity contribution >= 4 is 17.8 Å². The molecule has 0 aliphatic heterocycles. The van der Waals surface area contributed by atoms with E-state index in [-0.39, 0.29) is 12.5 Å². The molecule has 0 saturated carbocycles. The zero-order chi connectivity index (χ0) is 21.0. The predicted molar refractivity (Wildman–Crippen MR) is 120 cm³/mol. The maximum atomic E-state index is 11.9. The molecule has 0 unspecified atom stereocenters. The fourth-order valence-corrected chi connectivity index (χ4v) is 2.79. The fraction of sp³-hybridized carbons (Fsp3) is 0.200. The second-order valence-corrected chi connectivity index (χ2v) is 6.63. The molecule has 1 N–H and O–H groups in total. The van der Waals surface area contributed by atoms with Gasteiger partial charge in [0.1, 0.15) is 11.5 Å². The summed E-state index contributed by atoms with van der Waals surface area (Å²) in [6, 6.07) is 25.1. The van der Waals surface area contributed by atoms with E-state index >= 15 is 0 Å². The molecular weight excluding hydrogens is 376 g/mol. The Kier molecular flexibility index (Phi) is 8.03. The third-order valence-electron chi connectivity index (χ3n) is 4.34. The van der Waals surface area contributed by atoms with Crippen molar-refractivity contribution in [3.05, 3.63) is 90.0 Å². The zero-order valence-corrected chi connectivity index (χ0v) is 17.1. The SMILES string of the molecule is CCOc1ccc(N=Cc2ccc(OCC(=O)NCCc3ccccc3)cc2)cc1. The molecule has 0 saturated heterocycles. The molecule has 0 aliphatic rings. The molecule has 0 radical (unpaired) electrons. The van der Waals surface area contributed by atoms with Gasteiger partial charge in [-0.3, -0.25) is 9.79 Å². The number of aliphatic imine (C=N–C) groups is 1. The molecule has 0 heterocycles. The van der Waals surface area contributed by atoms with Crippen molar-refractivity contribution in [2.24, 2.45) is 4.99 Å². The van der Waals surface area contributed by atoms with Gasteiger partial charge in [0.25, 0.3) is 5.91 Å². The van der Waals surface area contributed by atoms with Crippen molar-refractivity contribution in [1.82, 2.24) is 5.32 Å². The van der Waals surface area contributed by atoms with Gasteiger partial charge in [-0.2, -0.15) is 0 Å². The van der Waals surface area contributed by atoms with Crippen LogP contribution in [0.15, 0.2) is 83.9 Å². The first-order valence-electron chi connectivity index (χ1n) is 10.0. The number of nitrogens with one attached hydrogen (secondary N) is 1. The van der Waals surface area contributed by atoms with Crippen LogP contribution in [0.3, 0.4) is 0 Å². The fourth-order valence-electron chi connectivity index (χ4n) is 2.79. The van der Waals surface area contributed by atoms with E-state index in [9.17, 15) is 4.79 Å². The molecule has 3 rings (SSSR count). The van der Waals surface area contributed by atoms with Crippen LogP contribution in [0.2, 0.25) is 0 Å². The molecule has 3 aromatic carbocycles. The summed E-state index contributed by atoms with van der Waals surface area (Å²) >= 11 is 0. The molecule has 154 valence electrons. The van der Waals surface area contributed by atoms with E-state index in [2.05, 4.69) is 10.3 Å². The number of ether oxygens (including phenoxy) is 2. The number of hydrogen-bond donors (Lipinski definition) is 1. The van der Waals surface area contributed by atoms with Crippen LogP contribution < -0.4 is 14.8 Å². The first-order valence-corrected chi connectivity index (χ1v) is 10.0. The van der Waals surface area contributed by atoms with Crippen LogP contribution in [0.1, 0.15) is 18.1 Å². The van der Waals surface area contributed by atoms with Gasteiger partial charge in [-0.15, -0.1) is 0 Å². The van der Waals surface area contributed by atoms with E-state index in [1.807, 2.05) is 85.8 Å². The molecule has 30 heavy (non-hydrogen) atoms. The molecule has 1 amide bonds. The van der Waals surface area contributed by atoms with Gasteiger partial charge in [0.05, 0.1) is 12.3 Å². The van der Waals surface area contributed by atoms with E-state index < -0.39 is 0 Å². The van der Waals surface area contributed by atoms with E-state index in [0.29, 0.717) is 18.9 Å². The summed E-state index contributed by atoms with van der Waals surface area (Å²) in [5.74, 6) is 1.35. The first kappa shape index (κ1) is 21.1. The van der Waals surface area contributed by atoms with Gasteiger partial charge in [-0.1, -0.05) is 30.3 Å². The molecule has 0 bridgehead atoms. The lowest BCUT2D eigenvalue weighted by molar-refractivity contribution is -0.123. The first-order chi connectivity index (χ1) is 14.7. The van der Waals surface area contributed by atoms with Crippen molar-refractivity contribution in [3.8, 4) is 11.5 Å². The Balaban J connectivity index is 1.41. The van der Waals surface area contributed by atoms with Crippen LogP contribution in [-0.2, 0) is 11.2 Å². The van der Waals surface area contributed by atoms with Crippen LogP contribution >= 0.6 is 0 Å². The lowest BCUT2D eigenvalue weighted by atomic mass is 10.1. The highest BCUT2D eigenvalue weighted by Gasteiger charge is 2.03. The van der Waals surface area contributed by atoms with Crippen LogP contribution in [0.5, 0.6) is 11.5 Å². The lowest BCUT2D eigenvalue weighted by Crippen LogP contribution is -2.30. The molecule has 0 aliphatic carbocycles. The minimum absolute atomic E-state index is 0.00555. The van der Waals surface area contributed by atoms with Crippen molar-refractivity contribution in [2.45, 2.75) is 13.3 Å². The third-order valence-corrected chi connectivity index (χ3v) is 4.34. The summed E-state index contributed by atoms with van der Waals surface area (Å²) in [6.07, 6.45) is 2.59. The van der Waals surface area contributed by atoms with Gasteiger partial charge >= 0.3 is 0 Å². The average molecular weight is 402 g/mol. The number of benzene rings is 3. The third kappa shape index (κ3) is 7.09. The predicted octanol–water partition coefficient (Wildman–Crippen LogP) is 4.57. The van der Waals surface area contributed by atoms with Crippen molar-refractivity contribution < 1.29 is 14.3 Å². The lowest BCUT2D eigenvalue weighted by Gasteiger charge is -2.08. The number of rotatable bonds is 10. The van der Waals surface area contributed by atoms with Crippen molar-refractivity contribution in [3.63, 3.8) is 0 Å². The molecule has 0 fully saturated rings. The van der Waals surface area contributed by atoms with E-state index in [1.165, 1.54) is 5.56 Å². The van der Waals surface area contributed by atoms with E-state index in [1.54, 1.807) is 6.21 Å². The molecule has 5 heteroatoms. The standard InChI is InChI=1S/C25H26N2O3/c1-2-29-23-14-10-22(11-15-23)27-18-21-8-12-24(13-9-21)30-19-25(28)26-17-16-20-6-4-3-5-7-20/h3-15,18H,2,16-17,19H2,1H3,(H,26,28). The van der Waals surface area contributed by atoms with Crippen molar-refractivity contribution in [1.29, 1.82) is 0 Å². The highest BCUT2D eigenvalue weighted by atomic mass is 16.5.